The summed E-state index contributed by atoms with van der Waals surface area (Å²) in [5.74, 6) is 0.148. The van der Waals surface area contributed by atoms with Crippen LogP contribution in [-0.2, 0) is 10.0 Å². The monoisotopic (exact) mass is 300 g/mol. The third-order valence-corrected chi connectivity index (χ3v) is 4.83. The van der Waals surface area contributed by atoms with Gasteiger partial charge in [0, 0.05) is 11.6 Å². The van der Waals surface area contributed by atoms with Gasteiger partial charge in [0.05, 0.1) is 11.7 Å². The molecule has 1 aliphatic rings. The minimum absolute atomic E-state index is 0.0607. The topological polar surface area (TPSA) is 90.2 Å². The highest BCUT2D eigenvalue weighted by atomic mass is 35.5. The van der Waals surface area contributed by atoms with Crippen LogP contribution in [-0.4, -0.2) is 26.2 Å². The smallest absolute Gasteiger partial charge is 0.241 e. The van der Waals surface area contributed by atoms with Gasteiger partial charge >= 0.3 is 0 Å². The van der Waals surface area contributed by atoms with Crippen molar-refractivity contribution in [3.8, 4) is 6.07 Å². The summed E-state index contributed by atoms with van der Waals surface area (Å²) >= 11 is 5.77. The number of hydrogen-bond acceptors (Lipinski definition) is 4. The van der Waals surface area contributed by atoms with Crippen molar-refractivity contribution in [3.05, 3.63) is 28.8 Å². The van der Waals surface area contributed by atoms with Crippen LogP contribution in [0.1, 0.15) is 18.4 Å². The largest absolute Gasteiger partial charge is 0.393 e. The highest BCUT2D eigenvalue weighted by Gasteiger charge is 2.29. The maximum absolute atomic E-state index is 12.1. The van der Waals surface area contributed by atoms with Crippen molar-refractivity contribution in [2.24, 2.45) is 5.92 Å². The first-order chi connectivity index (χ1) is 8.92. The average molecular weight is 301 g/mol. The normalized spacial score (nSPS) is 22.6. The number of sulfonamides is 1. The molecule has 0 aromatic heterocycles. The number of hydrogen-bond donors (Lipinski definition) is 2. The Morgan fingerprint density at radius 2 is 2.16 bits per heavy atom. The molecule has 7 heteroatoms. The van der Waals surface area contributed by atoms with Gasteiger partial charge in [-0.15, -0.1) is 0 Å². The molecule has 1 aromatic rings. The molecule has 0 radical (unpaired) electrons. The maximum atomic E-state index is 12.1. The summed E-state index contributed by atoms with van der Waals surface area (Å²) in [4.78, 5) is -0.109. The van der Waals surface area contributed by atoms with Crippen LogP contribution in [0.5, 0.6) is 0 Å². The fraction of sp³-hybridized carbons (Fsp3) is 0.417. The standard InChI is InChI=1S/C12H13ClN2O3S/c13-10-2-1-9(6-14)12(5-10)19(17,18)15-7-8-3-11(16)4-8/h1-2,5,8,11,15-16H,3-4,7H2. The molecule has 1 fully saturated rings. The van der Waals surface area contributed by atoms with Crippen LogP contribution in [0.4, 0.5) is 0 Å². The molecule has 2 N–H and O–H groups in total. The third-order valence-electron chi connectivity index (χ3n) is 3.13. The third kappa shape index (κ3) is 3.25. The second-order valence-electron chi connectivity index (χ2n) is 4.60. The van der Waals surface area contributed by atoms with E-state index in [0.29, 0.717) is 12.8 Å². The van der Waals surface area contributed by atoms with Crippen LogP contribution >= 0.6 is 11.6 Å². The lowest BCUT2D eigenvalue weighted by atomic mass is 9.83. The minimum Gasteiger partial charge on any atom is -0.393 e. The number of nitrogens with zero attached hydrogens (tertiary/aromatic N) is 1. The predicted octanol–water partition coefficient (Wildman–Crippen LogP) is 1.26. The lowest BCUT2D eigenvalue weighted by Gasteiger charge is -2.31. The van der Waals surface area contributed by atoms with E-state index in [9.17, 15) is 8.42 Å². The molecule has 0 heterocycles. The van der Waals surface area contributed by atoms with E-state index in [4.69, 9.17) is 22.0 Å². The number of halogens is 1. The van der Waals surface area contributed by atoms with Crippen LogP contribution < -0.4 is 4.72 Å². The number of nitrogens with one attached hydrogen (secondary N) is 1. The first kappa shape index (κ1) is 14.3. The van der Waals surface area contributed by atoms with Crippen molar-refractivity contribution < 1.29 is 13.5 Å². The summed E-state index contributed by atoms with van der Waals surface area (Å²) in [6, 6.07) is 5.95. The van der Waals surface area contributed by atoms with E-state index in [1.54, 1.807) is 0 Å². The number of nitriles is 1. The Kier molecular flexibility index (Phi) is 4.11. The molecule has 0 amide bonds. The predicted molar refractivity (Wildman–Crippen MR) is 70.1 cm³/mol. The zero-order chi connectivity index (χ0) is 14.0. The van der Waals surface area contributed by atoms with Gasteiger partial charge in [-0.05, 0) is 37.0 Å². The van der Waals surface area contributed by atoms with E-state index in [2.05, 4.69) is 4.72 Å². The van der Waals surface area contributed by atoms with Crippen LogP contribution in [0, 0.1) is 17.2 Å². The number of aliphatic hydroxyl groups is 1. The molecule has 0 spiro atoms. The van der Waals surface area contributed by atoms with E-state index in [0.717, 1.165) is 0 Å². The van der Waals surface area contributed by atoms with Crippen molar-refractivity contribution in [3.63, 3.8) is 0 Å². The Hall–Kier alpha value is -1.13. The second-order valence-corrected chi connectivity index (χ2v) is 6.77. The summed E-state index contributed by atoms with van der Waals surface area (Å²) in [5, 5.41) is 18.3. The van der Waals surface area contributed by atoms with Crippen LogP contribution in [0.3, 0.4) is 0 Å². The van der Waals surface area contributed by atoms with Crippen LogP contribution in [0.15, 0.2) is 23.1 Å². The maximum Gasteiger partial charge on any atom is 0.241 e. The van der Waals surface area contributed by atoms with Gasteiger partial charge in [0.2, 0.25) is 10.0 Å². The molecule has 1 aromatic carbocycles. The van der Waals surface area contributed by atoms with Crippen LogP contribution in [0.25, 0.3) is 0 Å². The highest BCUT2D eigenvalue weighted by Crippen LogP contribution is 2.27. The minimum atomic E-state index is -3.75. The number of benzene rings is 1. The first-order valence-electron chi connectivity index (χ1n) is 5.80. The Bertz CT molecular complexity index is 618. The Morgan fingerprint density at radius 3 is 2.74 bits per heavy atom. The summed E-state index contributed by atoms with van der Waals surface area (Å²) in [6.45, 7) is 0.261. The van der Waals surface area contributed by atoms with Crippen molar-refractivity contribution >= 4 is 21.6 Å². The molecule has 102 valence electrons. The Labute approximate surface area is 116 Å². The molecule has 0 saturated heterocycles. The Morgan fingerprint density at radius 1 is 1.47 bits per heavy atom. The molecule has 0 atom stereocenters. The fourth-order valence-electron chi connectivity index (χ4n) is 1.98. The second kappa shape index (κ2) is 5.47. The molecule has 1 saturated carbocycles. The zero-order valence-electron chi connectivity index (χ0n) is 10.0. The summed E-state index contributed by atoms with van der Waals surface area (Å²) in [7, 11) is -3.75. The lowest BCUT2D eigenvalue weighted by Crippen LogP contribution is -2.38. The molecule has 5 nitrogen and oxygen atoms in total. The van der Waals surface area contributed by atoms with Crippen molar-refractivity contribution in [1.82, 2.24) is 4.72 Å². The quantitative estimate of drug-likeness (QED) is 0.876. The molecule has 0 aliphatic heterocycles. The van der Waals surface area contributed by atoms with Gasteiger partial charge in [-0.1, -0.05) is 11.6 Å². The summed E-state index contributed by atoms with van der Waals surface area (Å²) < 4.78 is 26.7. The molecule has 19 heavy (non-hydrogen) atoms. The fourth-order valence-corrected chi connectivity index (χ4v) is 3.52. The summed E-state index contributed by atoms with van der Waals surface area (Å²) in [6.07, 6.45) is 0.877. The van der Waals surface area contributed by atoms with Crippen LogP contribution in [0.2, 0.25) is 5.02 Å². The van der Waals surface area contributed by atoms with E-state index in [1.807, 2.05) is 6.07 Å². The zero-order valence-corrected chi connectivity index (χ0v) is 11.6. The summed E-state index contributed by atoms with van der Waals surface area (Å²) in [5.41, 5.74) is 0.0607. The van der Waals surface area contributed by atoms with E-state index in [-0.39, 0.29) is 34.0 Å². The van der Waals surface area contributed by atoms with E-state index in [1.165, 1.54) is 18.2 Å². The number of rotatable bonds is 4. The lowest BCUT2D eigenvalue weighted by molar-refractivity contribution is 0.0453. The SMILES string of the molecule is N#Cc1ccc(Cl)cc1S(=O)(=O)NCC1CC(O)C1. The van der Waals surface area contributed by atoms with Crippen molar-refractivity contribution in [2.75, 3.05) is 6.54 Å². The van der Waals surface area contributed by atoms with Crippen molar-refractivity contribution in [2.45, 2.75) is 23.8 Å². The molecular formula is C12H13ClN2O3S. The average Bonchev–Trinajstić information content (AvgIpc) is 2.33. The van der Waals surface area contributed by atoms with Gasteiger partial charge in [0.1, 0.15) is 11.0 Å². The van der Waals surface area contributed by atoms with E-state index < -0.39 is 10.0 Å². The molecular weight excluding hydrogens is 288 g/mol. The molecule has 2 rings (SSSR count). The van der Waals surface area contributed by atoms with Gasteiger partial charge in [-0.2, -0.15) is 5.26 Å². The molecule has 0 unspecified atom stereocenters. The van der Waals surface area contributed by atoms with Crippen molar-refractivity contribution in [1.29, 1.82) is 5.26 Å². The van der Waals surface area contributed by atoms with Gasteiger partial charge in [0.15, 0.2) is 0 Å². The van der Waals surface area contributed by atoms with Gasteiger partial charge in [-0.25, -0.2) is 13.1 Å². The van der Waals surface area contributed by atoms with Gasteiger partial charge in [0.25, 0.3) is 0 Å². The van der Waals surface area contributed by atoms with Gasteiger partial charge in [-0.3, -0.25) is 0 Å². The molecule has 0 bridgehead atoms. The molecule has 1 aliphatic carbocycles. The van der Waals surface area contributed by atoms with Gasteiger partial charge < -0.3 is 5.11 Å². The Balaban J connectivity index is 2.15. The highest BCUT2D eigenvalue weighted by molar-refractivity contribution is 7.89. The number of aliphatic hydroxyl groups excluding tert-OH is 1. The first-order valence-corrected chi connectivity index (χ1v) is 7.66. The van der Waals surface area contributed by atoms with E-state index >= 15 is 0 Å².